The molecule has 2 aromatic rings. The fourth-order valence-electron chi connectivity index (χ4n) is 4.71. The monoisotopic (exact) mass is 479 g/mol. The molecule has 2 saturated carbocycles. The fourth-order valence-corrected chi connectivity index (χ4v) is 5.99. The van der Waals surface area contributed by atoms with Gasteiger partial charge in [0.25, 0.3) is 0 Å². The van der Waals surface area contributed by atoms with Crippen molar-refractivity contribution in [3.05, 3.63) is 70.7 Å². The quantitative estimate of drug-likeness (QED) is 0.594. The SMILES string of the molecule is N#CC1(N(C(=O)[C@@H]2C[C@@H](SCc3ccccc3)CN2)C(=O)C2(c3ccc(Cl)cc3)CC2)CC1. The number of hydrogen-bond acceptors (Lipinski definition) is 5. The van der Waals surface area contributed by atoms with Crippen LogP contribution in [-0.2, 0) is 20.8 Å². The molecule has 3 aliphatic rings. The Kier molecular flexibility index (Phi) is 5.98. The maximum atomic E-state index is 13.8. The van der Waals surface area contributed by atoms with Gasteiger partial charge in [-0.25, -0.2) is 0 Å². The molecule has 2 atom stereocenters. The van der Waals surface area contributed by atoms with E-state index in [-0.39, 0.29) is 11.8 Å². The Morgan fingerprint density at radius 1 is 1.09 bits per heavy atom. The second kappa shape index (κ2) is 8.79. The van der Waals surface area contributed by atoms with Gasteiger partial charge in [0.05, 0.1) is 17.5 Å². The van der Waals surface area contributed by atoms with Crippen LogP contribution in [-0.4, -0.2) is 40.1 Å². The standard InChI is InChI=1S/C26H26ClN3O2S/c27-20-8-6-19(7-9-20)26(12-13-26)24(32)30(25(17-28)10-11-25)23(31)22-14-21(15-29-22)33-16-18-4-2-1-3-5-18/h1-9,21-22,29H,10-16H2/t21-,22+/m1/s1. The molecule has 0 aromatic heterocycles. The van der Waals surface area contributed by atoms with Crippen LogP contribution in [0.1, 0.15) is 43.2 Å². The van der Waals surface area contributed by atoms with Crippen molar-refractivity contribution in [2.75, 3.05) is 6.54 Å². The lowest BCUT2D eigenvalue weighted by Crippen LogP contribution is -2.55. The van der Waals surface area contributed by atoms with E-state index >= 15 is 0 Å². The van der Waals surface area contributed by atoms with Crippen LogP contribution in [0.4, 0.5) is 0 Å². The van der Waals surface area contributed by atoms with E-state index in [2.05, 4.69) is 23.5 Å². The van der Waals surface area contributed by atoms with Crippen molar-refractivity contribution in [3.63, 3.8) is 0 Å². The summed E-state index contributed by atoms with van der Waals surface area (Å²) in [5, 5.41) is 14.1. The summed E-state index contributed by atoms with van der Waals surface area (Å²) in [6.07, 6.45) is 3.14. The van der Waals surface area contributed by atoms with Crippen LogP contribution in [0.2, 0.25) is 5.02 Å². The number of halogens is 1. The normalized spacial score (nSPS) is 24.0. The van der Waals surface area contributed by atoms with E-state index in [1.807, 2.05) is 42.1 Å². The molecule has 0 unspecified atom stereocenters. The number of nitrogens with zero attached hydrogens (tertiary/aromatic N) is 2. The Labute approximate surface area is 203 Å². The number of thioether (sulfide) groups is 1. The molecule has 2 aromatic carbocycles. The van der Waals surface area contributed by atoms with Crippen molar-refractivity contribution in [2.45, 2.75) is 60.1 Å². The third kappa shape index (κ3) is 4.30. The lowest BCUT2D eigenvalue weighted by molar-refractivity contribution is -0.150. The van der Waals surface area contributed by atoms with Crippen LogP contribution in [0.25, 0.3) is 0 Å². The third-order valence-electron chi connectivity index (χ3n) is 7.06. The summed E-state index contributed by atoms with van der Waals surface area (Å²) < 4.78 is 0. The van der Waals surface area contributed by atoms with E-state index < -0.39 is 17.0 Å². The molecule has 0 radical (unpaired) electrons. The summed E-state index contributed by atoms with van der Waals surface area (Å²) in [4.78, 5) is 28.8. The molecule has 33 heavy (non-hydrogen) atoms. The molecule has 5 rings (SSSR count). The van der Waals surface area contributed by atoms with Crippen LogP contribution < -0.4 is 5.32 Å². The number of hydrogen-bond donors (Lipinski definition) is 1. The van der Waals surface area contributed by atoms with Crippen LogP contribution >= 0.6 is 23.4 Å². The molecule has 7 heteroatoms. The predicted octanol–water partition coefficient (Wildman–Crippen LogP) is 4.45. The van der Waals surface area contributed by atoms with E-state index in [0.717, 1.165) is 17.9 Å². The molecule has 1 aliphatic heterocycles. The molecule has 2 aliphatic carbocycles. The topological polar surface area (TPSA) is 73.2 Å². The summed E-state index contributed by atoms with van der Waals surface area (Å²) >= 11 is 7.87. The molecule has 0 spiro atoms. The molecular formula is C26H26ClN3O2S. The summed E-state index contributed by atoms with van der Waals surface area (Å²) in [7, 11) is 0. The molecule has 5 nitrogen and oxygen atoms in total. The molecule has 2 amide bonds. The van der Waals surface area contributed by atoms with E-state index in [9.17, 15) is 14.9 Å². The number of carbonyl (C=O) groups is 2. The minimum absolute atomic E-state index is 0.226. The zero-order chi connectivity index (χ0) is 23.1. The van der Waals surface area contributed by atoms with Crippen LogP contribution in [0.5, 0.6) is 0 Å². The number of carbonyl (C=O) groups excluding carboxylic acids is 2. The van der Waals surface area contributed by atoms with Gasteiger partial charge in [-0.15, -0.1) is 0 Å². The van der Waals surface area contributed by atoms with Gasteiger partial charge in [-0.1, -0.05) is 54.1 Å². The Morgan fingerprint density at radius 3 is 2.39 bits per heavy atom. The molecule has 1 heterocycles. The second-order valence-corrected chi connectivity index (χ2v) is 11.1. The maximum Gasteiger partial charge on any atom is 0.247 e. The first-order valence-corrected chi connectivity index (χ1v) is 12.8. The number of amides is 2. The zero-order valence-corrected chi connectivity index (χ0v) is 19.9. The van der Waals surface area contributed by atoms with Crippen molar-refractivity contribution in [1.82, 2.24) is 10.2 Å². The Bertz CT molecular complexity index is 1090. The minimum Gasteiger partial charge on any atom is -0.305 e. The lowest BCUT2D eigenvalue weighted by Gasteiger charge is -2.31. The molecular weight excluding hydrogens is 454 g/mol. The number of nitriles is 1. The summed E-state index contributed by atoms with van der Waals surface area (Å²) in [5.41, 5.74) is 0.424. The van der Waals surface area contributed by atoms with Gasteiger partial charge >= 0.3 is 0 Å². The minimum atomic E-state index is -0.993. The summed E-state index contributed by atoms with van der Waals surface area (Å²) in [6, 6.07) is 19.4. The number of nitrogens with one attached hydrogen (secondary N) is 1. The number of imide groups is 1. The highest BCUT2D eigenvalue weighted by Gasteiger charge is 2.62. The lowest BCUT2D eigenvalue weighted by atomic mass is 9.93. The Morgan fingerprint density at radius 2 is 1.79 bits per heavy atom. The van der Waals surface area contributed by atoms with Crippen molar-refractivity contribution in [2.24, 2.45) is 0 Å². The molecule has 0 bridgehead atoms. The van der Waals surface area contributed by atoms with Gasteiger partial charge < -0.3 is 5.32 Å². The third-order valence-corrected chi connectivity index (χ3v) is 8.64. The van der Waals surface area contributed by atoms with Crippen molar-refractivity contribution < 1.29 is 9.59 Å². The van der Waals surface area contributed by atoms with E-state index in [1.165, 1.54) is 10.5 Å². The first-order valence-electron chi connectivity index (χ1n) is 11.4. The van der Waals surface area contributed by atoms with Gasteiger partial charge in [0, 0.05) is 22.6 Å². The number of benzene rings is 2. The van der Waals surface area contributed by atoms with Crippen LogP contribution in [0.3, 0.4) is 0 Å². The van der Waals surface area contributed by atoms with Crippen molar-refractivity contribution >= 4 is 35.2 Å². The Balaban J connectivity index is 1.31. The van der Waals surface area contributed by atoms with Crippen LogP contribution in [0, 0.1) is 11.3 Å². The van der Waals surface area contributed by atoms with Crippen LogP contribution in [0.15, 0.2) is 54.6 Å². The maximum absolute atomic E-state index is 13.8. The summed E-state index contributed by atoms with van der Waals surface area (Å²) in [5.74, 6) is 0.414. The predicted molar refractivity (Wildman–Crippen MR) is 130 cm³/mol. The smallest absolute Gasteiger partial charge is 0.247 e. The van der Waals surface area contributed by atoms with E-state index in [4.69, 9.17) is 11.6 Å². The summed E-state index contributed by atoms with van der Waals surface area (Å²) in [6.45, 7) is 0.720. The molecule has 1 saturated heterocycles. The molecule has 1 N–H and O–H groups in total. The first kappa shape index (κ1) is 22.5. The van der Waals surface area contributed by atoms with E-state index in [1.54, 1.807) is 12.1 Å². The highest BCUT2D eigenvalue weighted by molar-refractivity contribution is 7.99. The Hall–Kier alpha value is -2.33. The average molecular weight is 480 g/mol. The highest BCUT2D eigenvalue weighted by Crippen LogP contribution is 2.53. The second-order valence-electron chi connectivity index (χ2n) is 9.33. The van der Waals surface area contributed by atoms with Crippen molar-refractivity contribution in [1.29, 1.82) is 5.26 Å². The average Bonchev–Trinajstić information content (AvgIpc) is 3.76. The fraction of sp³-hybridized carbons (Fsp3) is 0.423. The van der Waals surface area contributed by atoms with E-state index in [0.29, 0.717) is 42.4 Å². The van der Waals surface area contributed by atoms with Gasteiger partial charge in [0.15, 0.2) is 0 Å². The van der Waals surface area contributed by atoms with Gasteiger partial charge in [0.2, 0.25) is 11.8 Å². The first-order chi connectivity index (χ1) is 16.0. The largest absolute Gasteiger partial charge is 0.305 e. The van der Waals surface area contributed by atoms with Gasteiger partial charge in [-0.05, 0) is 55.4 Å². The van der Waals surface area contributed by atoms with Gasteiger partial charge in [-0.2, -0.15) is 17.0 Å². The van der Waals surface area contributed by atoms with Crippen molar-refractivity contribution in [3.8, 4) is 6.07 Å². The van der Waals surface area contributed by atoms with Gasteiger partial charge in [0.1, 0.15) is 5.54 Å². The molecule has 3 fully saturated rings. The van der Waals surface area contributed by atoms with Gasteiger partial charge in [-0.3, -0.25) is 14.5 Å². The zero-order valence-electron chi connectivity index (χ0n) is 18.3. The number of rotatable bonds is 7. The molecule has 170 valence electrons. The highest BCUT2D eigenvalue weighted by atomic mass is 35.5.